The summed E-state index contributed by atoms with van der Waals surface area (Å²) in [6, 6.07) is 0. The maximum absolute atomic E-state index is 2.41. The zero-order valence-corrected chi connectivity index (χ0v) is 11.1. The molecular formula is C13H30N+. The number of rotatable bonds is 7. The third kappa shape index (κ3) is 7.37. The van der Waals surface area contributed by atoms with Crippen molar-refractivity contribution in [3.8, 4) is 0 Å². The summed E-state index contributed by atoms with van der Waals surface area (Å²) in [6.07, 6.45) is 5.52. The fourth-order valence-corrected chi connectivity index (χ4v) is 1.69. The van der Waals surface area contributed by atoms with Gasteiger partial charge in [-0.15, -0.1) is 0 Å². The number of hydrogen-bond donors (Lipinski definition) is 0. The lowest BCUT2D eigenvalue weighted by Crippen LogP contribution is -2.36. The summed E-state index contributed by atoms with van der Waals surface area (Å²) in [7, 11) is 6.84. The highest BCUT2D eigenvalue weighted by Gasteiger charge is 2.15. The van der Waals surface area contributed by atoms with Crippen LogP contribution in [0.1, 0.15) is 46.5 Å². The smallest absolute Gasteiger partial charge is 0.0783 e. The van der Waals surface area contributed by atoms with E-state index < -0.39 is 0 Å². The minimum Gasteiger partial charge on any atom is -0.331 e. The molecule has 0 heterocycles. The molecule has 86 valence electrons. The highest BCUT2D eigenvalue weighted by Crippen LogP contribution is 2.21. The van der Waals surface area contributed by atoms with Crippen LogP contribution in [-0.2, 0) is 0 Å². The molecule has 0 radical (unpaired) electrons. The van der Waals surface area contributed by atoms with Crippen molar-refractivity contribution in [3.05, 3.63) is 0 Å². The van der Waals surface area contributed by atoms with Gasteiger partial charge in [0, 0.05) is 0 Å². The lowest BCUT2D eigenvalue weighted by Gasteiger charge is -2.27. The molecule has 0 aromatic rings. The SMILES string of the molecule is CCCCC(C)C(C)CC[N+](C)(C)C. The van der Waals surface area contributed by atoms with Crippen molar-refractivity contribution in [2.45, 2.75) is 46.5 Å². The molecule has 0 aromatic carbocycles. The first-order chi connectivity index (χ1) is 6.37. The molecule has 14 heavy (non-hydrogen) atoms. The predicted molar refractivity (Wildman–Crippen MR) is 65.4 cm³/mol. The first kappa shape index (κ1) is 14.0. The van der Waals surface area contributed by atoms with E-state index in [1.165, 1.54) is 32.2 Å². The van der Waals surface area contributed by atoms with Crippen molar-refractivity contribution in [1.29, 1.82) is 0 Å². The Morgan fingerprint density at radius 1 is 0.929 bits per heavy atom. The Morgan fingerprint density at radius 3 is 1.86 bits per heavy atom. The average molecular weight is 200 g/mol. The van der Waals surface area contributed by atoms with E-state index in [0.717, 1.165) is 16.3 Å². The summed E-state index contributed by atoms with van der Waals surface area (Å²) in [4.78, 5) is 0. The second-order valence-corrected chi connectivity index (χ2v) is 5.90. The van der Waals surface area contributed by atoms with E-state index in [1.54, 1.807) is 0 Å². The van der Waals surface area contributed by atoms with Crippen molar-refractivity contribution in [2.75, 3.05) is 27.7 Å². The lowest BCUT2D eigenvalue weighted by molar-refractivity contribution is -0.871. The number of hydrogen-bond acceptors (Lipinski definition) is 0. The van der Waals surface area contributed by atoms with Gasteiger partial charge in [0.1, 0.15) is 0 Å². The summed E-state index contributed by atoms with van der Waals surface area (Å²) in [5.41, 5.74) is 0. The molecule has 0 N–H and O–H groups in total. The van der Waals surface area contributed by atoms with Gasteiger partial charge in [-0.25, -0.2) is 0 Å². The van der Waals surface area contributed by atoms with E-state index in [4.69, 9.17) is 0 Å². The second-order valence-electron chi connectivity index (χ2n) is 5.90. The van der Waals surface area contributed by atoms with Crippen molar-refractivity contribution in [2.24, 2.45) is 11.8 Å². The molecule has 0 amide bonds. The van der Waals surface area contributed by atoms with Crippen LogP contribution >= 0.6 is 0 Å². The molecule has 0 rings (SSSR count). The van der Waals surface area contributed by atoms with Crippen LogP contribution in [0.25, 0.3) is 0 Å². The van der Waals surface area contributed by atoms with Gasteiger partial charge in [0.15, 0.2) is 0 Å². The van der Waals surface area contributed by atoms with Gasteiger partial charge in [-0.05, 0) is 18.3 Å². The van der Waals surface area contributed by atoms with Gasteiger partial charge in [-0.3, -0.25) is 0 Å². The second kappa shape index (κ2) is 6.44. The van der Waals surface area contributed by atoms with Gasteiger partial charge >= 0.3 is 0 Å². The largest absolute Gasteiger partial charge is 0.331 e. The minimum absolute atomic E-state index is 0.888. The molecule has 0 aliphatic heterocycles. The van der Waals surface area contributed by atoms with Crippen molar-refractivity contribution < 1.29 is 4.48 Å². The standard InChI is InChI=1S/C13H30N/c1-7-8-9-12(2)13(3)10-11-14(4,5)6/h12-13H,7-11H2,1-6H3/q+1. The van der Waals surface area contributed by atoms with Gasteiger partial charge in [0.05, 0.1) is 27.7 Å². The third-order valence-corrected chi connectivity index (χ3v) is 3.24. The Hall–Kier alpha value is -0.0400. The van der Waals surface area contributed by atoms with Crippen LogP contribution in [0.3, 0.4) is 0 Å². The molecule has 0 aliphatic carbocycles. The van der Waals surface area contributed by atoms with Crippen LogP contribution in [-0.4, -0.2) is 32.2 Å². The van der Waals surface area contributed by atoms with E-state index in [-0.39, 0.29) is 0 Å². The van der Waals surface area contributed by atoms with Crippen molar-refractivity contribution in [3.63, 3.8) is 0 Å². The summed E-state index contributed by atoms with van der Waals surface area (Å²) >= 11 is 0. The molecule has 0 saturated carbocycles. The van der Waals surface area contributed by atoms with Crippen LogP contribution in [0.5, 0.6) is 0 Å². The highest BCUT2D eigenvalue weighted by molar-refractivity contribution is 4.61. The molecule has 2 atom stereocenters. The van der Waals surface area contributed by atoms with Gasteiger partial charge in [-0.2, -0.15) is 0 Å². The molecule has 0 spiro atoms. The Labute approximate surface area is 91.1 Å². The topological polar surface area (TPSA) is 0 Å². The molecule has 0 aliphatic rings. The monoisotopic (exact) mass is 200 g/mol. The van der Waals surface area contributed by atoms with Gasteiger partial charge in [0.25, 0.3) is 0 Å². The highest BCUT2D eigenvalue weighted by atomic mass is 15.3. The Kier molecular flexibility index (Phi) is 6.43. The molecule has 0 aromatic heterocycles. The van der Waals surface area contributed by atoms with Gasteiger partial charge < -0.3 is 4.48 Å². The molecule has 1 nitrogen and oxygen atoms in total. The normalized spacial score (nSPS) is 16.7. The molecule has 0 bridgehead atoms. The van der Waals surface area contributed by atoms with E-state index in [2.05, 4.69) is 41.9 Å². The number of quaternary nitrogens is 1. The predicted octanol–water partition coefficient (Wildman–Crippen LogP) is 3.55. The number of nitrogens with zero attached hydrogens (tertiary/aromatic N) is 1. The fourth-order valence-electron chi connectivity index (χ4n) is 1.69. The quantitative estimate of drug-likeness (QED) is 0.551. The first-order valence-corrected chi connectivity index (χ1v) is 6.17. The molecular weight excluding hydrogens is 170 g/mol. The summed E-state index contributed by atoms with van der Waals surface area (Å²) < 4.78 is 1.10. The van der Waals surface area contributed by atoms with Gasteiger partial charge in [0.2, 0.25) is 0 Å². The summed E-state index contributed by atoms with van der Waals surface area (Å²) in [6.45, 7) is 8.41. The lowest BCUT2D eigenvalue weighted by atomic mass is 9.88. The maximum atomic E-state index is 2.41. The van der Waals surface area contributed by atoms with Crippen LogP contribution < -0.4 is 0 Å². The van der Waals surface area contributed by atoms with Crippen LogP contribution in [0.2, 0.25) is 0 Å². The zero-order valence-electron chi connectivity index (χ0n) is 11.1. The molecule has 0 fully saturated rings. The molecule has 1 heteroatoms. The first-order valence-electron chi connectivity index (χ1n) is 6.17. The molecule has 0 saturated heterocycles. The average Bonchev–Trinajstić information content (AvgIpc) is 2.09. The fraction of sp³-hybridized carbons (Fsp3) is 1.00. The third-order valence-electron chi connectivity index (χ3n) is 3.24. The summed E-state index contributed by atoms with van der Waals surface area (Å²) in [5, 5.41) is 0. The van der Waals surface area contributed by atoms with Crippen LogP contribution in [0.4, 0.5) is 0 Å². The van der Waals surface area contributed by atoms with Crippen LogP contribution in [0.15, 0.2) is 0 Å². The van der Waals surface area contributed by atoms with Crippen molar-refractivity contribution >= 4 is 0 Å². The maximum Gasteiger partial charge on any atom is 0.0783 e. The Balaban J connectivity index is 3.67. The van der Waals surface area contributed by atoms with Crippen molar-refractivity contribution in [1.82, 2.24) is 0 Å². The van der Waals surface area contributed by atoms with Gasteiger partial charge in [-0.1, -0.05) is 40.0 Å². The van der Waals surface area contributed by atoms with E-state index in [9.17, 15) is 0 Å². The van der Waals surface area contributed by atoms with E-state index >= 15 is 0 Å². The molecule has 2 unspecified atom stereocenters. The number of unbranched alkanes of at least 4 members (excludes halogenated alkanes) is 1. The van der Waals surface area contributed by atoms with Crippen LogP contribution in [0, 0.1) is 11.8 Å². The Bertz CT molecular complexity index is 135. The minimum atomic E-state index is 0.888. The summed E-state index contributed by atoms with van der Waals surface area (Å²) in [5.74, 6) is 1.79. The Morgan fingerprint density at radius 2 is 1.43 bits per heavy atom. The van der Waals surface area contributed by atoms with E-state index in [1.807, 2.05) is 0 Å². The van der Waals surface area contributed by atoms with E-state index in [0.29, 0.717) is 0 Å². The zero-order chi connectivity index (χ0) is 11.2.